The molecule has 14 heteroatoms. The zero-order chi connectivity index (χ0) is 39.4. The molecule has 0 spiro atoms. The molecular weight excluding hydrogens is 708 g/mol. The van der Waals surface area contributed by atoms with Gasteiger partial charge in [0.1, 0.15) is 0 Å². The predicted molar refractivity (Wildman–Crippen MR) is 210 cm³/mol. The molecule has 2 aromatic carbocycles. The molecule has 4 N–H and O–H groups in total. The largest absolute Gasteiger partial charge is 0.502 e. The Hall–Kier alpha value is -5.40. The van der Waals surface area contributed by atoms with E-state index in [-0.39, 0.29) is 25.2 Å². The Labute approximate surface area is 323 Å². The molecule has 55 heavy (non-hydrogen) atoms. The molecule has 0 saturated heterocycles. The topological polar surface area (TPSA) is 172 Å². The molecule has 4 rings (SSSR count). The van der Waals surface area contributed by atoms with Gasteiger partial charge in [0.2, 0.25) is 0 Å². The third kappa shape index (κ3) is 15.5. The minimum Gasteiger partial charge on any atom is -0.502 e. The smallest absolute Gasteiger partial charge is 0.411 e. The van der Waals surface area contributed by atoms with Crippen LogP contribution >= 0.6 is 0 Å². The third-order valence-electron chi connectivity index (χ3n) is 9.85. The van der Waals surface area contributed by atoms with Gasteiger partial charge in [-0.2, -0.15) is 0 Å². The first kappa shape index (κ1) is 42.3. The van der Waals surface area contributed by atoms with Gasteiger partial charge < -0.3 is 28.4 Å². The van der Waals surface area contributed by atoms with E-state index in [0.717, 1.165) is 62.5 Å². The molecule has 4 amide bonds. The zero-order valence-electron chi connectivity index (χ0n) is 32.0. The molecule has 0 unspecified atom stereocenters. The highest BCUT2D eigenvalue weighted by Gasteiger charge is 2.24. The Kier molecular flexibility index (Phi) is 17.5. The highest BCUT2D eigenvalue weighted by molar-refractivity contribution is 5.90. The second kappa shape index (κ2) is 22.7. The fourth-order valence-electron chi connectivity index (χ4n) is 6.53. The molecule has 0 aromatic heterocycles. The molecule has 2 aromatic rings. The second-order valence-electron chi connectivity index (χ2n) is 14.1. The average Bonchev–Trinajstić information content (AvgIpc) is 3.17. The summed E-state index contributed by atoms with van der Waals surface area (Å²) in [5, 5.41) is 10.8. The van der Waals surface area contributed by atoms with Crippen LogP contribution in [0.5, 0.6) is 0 Å². The highest BCUT2D eigenvalue weighted by atomic mass is 16.6. The molecule has 0 atom stereocenters. The fourth-order valence-corrected chi connectivity index (χ4v) is 6.53. The SMILES string of the molecule is C=COCC1CCC(COC(=O)Nc2cc(NC(=O)OCCCCOC(=O)Nc3ccc(C)c(NC(=O)OCC4CCC(OC=C)CC4)c3)ccc2C)CC1. The van der Waals surface area contributed by atoms with Crippen LogP contribution in [0, 0.1) is 31.6 Å². The van der Waals surface area contributed by atoms with Gasteiger partial charge in [0.25, 0.3) is 0 Å². The molecule has 14 nitrogen and oxygen atoms in total. The van der Waals surface area contributed by atoms with Crippen molar-refractivity contribution in [2.24, 2.45) is 17.8 Å². The van der Waals surface area contributed by atoms with Gasteiger partial charge in [-0.05, 0) is 131 Å². The number of aryl methyl sites for hydroxylation is 2. The minimum absolute atomic E-state index is 0.108. The van der Waals surface area contributed by atoms with Crippen LogP contribution in [-0.4, -0.2) is 63.5 Å². The monoisotopic (exact) mass is 764 g/mol. The van der Waals surface area contributed by atoms with E-state index >= 15 is 0 Å². The lowest BCUT2D eigenvalue weighted by Crippen LogP contribution is -2.25. The van der Waals surface area contributed by atoms with Crippen LogP contribution in [0.3, 0.4) is 0 Å². The summed E-state index contributed by atoms with van der Waals surface area (Å²) in [4.78, 5) is 49.8. The van der Waals surface area contributed by atoms with E-state index in [1.54, 1.807) is 36.4 Å². The van der Waals surface area contributed by atoms with Crippen LogP contribution < -0.4 is 21.3 Å². The second-order valence-corrected chi connectivity index (χ2v) is 14.1. The highest BCUT2D eigenvalue weighted by Crippen LogP contribution is 2.30. The number of carbonyl (C=O) groups excluding carboxylic acids is 4. The Bertz CT molecular complexity index is 1580. The van der Waals surface area contributed by atoms with E-state index in [4.69, 9.17) is 28.4 Å². The van der Waals surface area contributed by atoms with E-state index in [1.807, 2.05) is 13.8 Å². The van der Waals surface area contributed by atoms with Crippen molar-refractivity contribution < 1.29 is 47.6 Å². The van der Waals surface area contributed by atoms with Crippen molar-refractivity contribution in [1.29, 1.82) is 0 Å². The molecular formula is C41H56N4O10. The Morgan fingerprint density at radius 2 is 1.00 bits per heavy atom. The van der Waals surface area contributed by atoms with Gasteiger partial charge in [0, 0.05) is 22.7 Å². The molecule has 0 aliphatic heterocycles. The Morgan fingerprint density at radius 3 is 1.44 bits per heavy atom. The van der Waals surface area contributed by atoms with Gasteiger partial charge in [0.15, 0.2) is 0 Å². The van der Waals surface area contributed by atoms with Crippen molar-refractivity contribution >= 4 is 47.1 Å². The zero-order valence-corrected chi connectivity index (χ0v) is 32.0. The van der Waals surface area contributed by atoms with E-state index < -0.39 is 24.4 Å². The standard InChI is InChI=1S/C41H56N4O10/c1-5-50-25-30-11-13-31(14-12-30)26-54-40(48)44-36-23-33(17-9-28(36)3)42-38(46)52-21-7-8-22-53-39(47)43-34-18-10-29(4)37(24-34)45-41(49)55-27-32-15-19-35(20-16-32)51-6-2/h5-6,9-10,17-18,23-24,30-32,35H,1-2,7-8,11-16,19-22,25-27H2,3-4H3,(H,42,46)(H,43,47)(H,44,48)(H,45,49). The molecule has 0 bridgehead atoms. The van der Waals surface area contributed by atoms with Crippen LogP contribution in [0.2, 0.25) is 0 Å². The van der Waals surface area contributed by atoms with Gasteiger partial charge in [-0.15, -0.1) is 0 Å². The number of anilines is 4. The van der Waals surface area contributed by atoms with Crippen molar-refractivity contribution in [3.63, 3.8) is 0 Å². The summed E-state index contributed by atoms with van der Waals surface area (Å²) in [6.45, 7) is 12.4. The van der Waals surface area contributed by atoms with Crippen molar-refractivity contribution in [1.82, 2.24) is 0 Å². The number of ether oxygens (including phenoxy) is 6. The van der Waals surface area contributed by atoms with Crippen LogP contribution in [0.15, 0.2) is 62.1 Å². The van der Waals surface area contributed by atoms with Crippen LogP contribution in [-0.2, 0) is 28.4 Å². The summed E-state index contributed by atoms with van der Waals surface area (Å²) in [7, 11) is 0. The van der Waals surface area contributed by atoms with E-state index in [9.17, 15) is 19.2 Å². The normalized spacial score (nSPS) is 19.1. The maximum absolute atomic E-state index is 12.5. The lowest BCUT2D eigenvalue weighted by molar-refractivity contribution is 0.0662. The number of amides is 4. The summed E-state index contributed by atoms with van der Waals surface area (Å²) in [6, 6.07) is 10.2. The number of carbonyl (C=O) groups is 4. The van der Waals surface area contributed by atoms with Gasteiger partial charge in [-0.1, -0.05) is 25.3 Å². The van der Waals surface area contributed by atoms with Crippen molar-refractivity contribution in [2.45, 2.75) is 84.2 Å². The van der Waals surface area contributed by atoms with E-state index in [1.165, 1.54) is 12.5 Å². The number of hydrogen-bond donors (Lipinski definition) is 4. The van der Waals surface area contributed by atoms with Gasteiger partial charge in [-0.3, -0.25) is 21.3 Å². The number of hydrogen-bond acceptors (Lipinski definition) is 10. The average molecular weight is 765 g/mol. The number of rotatable bonds is 18. The van der Waals surface area contributed by atoms with Crippen LogP contribution in [0.25, 0.3) is 0 Å². The van der Waals surface area contributed by atoms with Crippen molar-refractivity contribution in [3.8, 4) is 0 Å². The summed E-state index contributed by atoms with van der Waals surface area (Å²) < 4.78 is 32.3. The molecule has 0 heterocycles. The van der Waals surface area contributed by atoms with Crippen molar-refractivity contribution in [3.05, 3.63) is 73.2 Å². The maximum Gasteiger partial charge on any atom is 0.411 e. The molecule has 0 radical (unpaired) electrons. The lowest BCUT2D eigenvalue weighted by atomic mass is 9.83. The summed E-state index contributed by atoms with van der Waals surface area (Å²) in [5.74, 6) is 1.11. The molecule has 2 aliphatic rings. The first-order chi connectivity index (χ1) is 26.6. The van der Waals surface area contributed by atoms with Gasteiger partial charge in [0.05, 0.1) is 51.7 Å². The third-order valence-corrected chi connectivity index (χ3v) is 9.85. The molecule has 2 fully saturated rings. The molecule has 2 aliphatic carbocycles. The van der Waals surface area contributed by atoms with E-state index in [0.29, 0.717) is 67.2 Å². The minimum atomic E-state index is -0.655. The lowest BCUT2D eigenvalue weighted by Gasteiger charge is -2.27. The molecule has 300 valence electrons. The number of unbranched alkanes of at least 4 members (excludes halogenated alkanes) is 1. The summed E-state index contributed by atoms with van der Waals surface area (Å²) in [6.07, 6.45) is 9.30. The van der Waals surface area contributed by atoms with Gasteiger partial charge >= 0.3 is 24.4 Å². The quantitative estimate of drug-likeness (QED) is 0.0651. The summed E-state index contributed by atoms with van der Waals surface area (Å²) >= 11 is 0. The first-order valence-electron chi connectivity index (χ1n) is 19.1. The Morgan fingerprint density at radius 1 is 0.582 bits per heavy atom. The summed E-state index contributed by atoms with van der Waals surface area (Å²) in [5.41, 5.74) is 3.53. The molecule has 2 saturated carbocycles. The predicted octanol–water partition coefficient (Wildman–Crippen LogP) is 9.66. The van der Waals surface area contributed by atoms with Gasteiger partial charge in [-0.25, -0.2) is 19.2 Å². The first-order valence-corrected chi connectivity index (χ1v) is 19.1. The maximum atomic E-state index is 12.5. The van der Waals surface area contributed by atoms with Crippen LogP contribution in [0.1, 0.15) is 75.3 Å². The fraction of sp³-hybridized carbons (Fsp3) is 0.512. The van der Waals surface area contributed by atoms with Crippen molar-refractivity contribution in [2.75, 3.05) is 54.3 Å². The Balaban J connectivity index is 1.07. The number of benzene rings is 2. The number of nitrogens with one attached hydrogen (secondary N) is 4. The van der Waals surface area contributed by atoms with E-state index in [2.05, 4.69) is 34.4 Å². The van der Waals surface area contributed by atoms with Crippen LogP contribution in [0.4, 0.5) is 41.9 Å².